The Hall–Kier alpha value is -1.46. The van der Waals surface area contributed by atoms with Crippen LogP contribution in [0.15, 0.2) is 22.7 Å². The molecule has 0 amide bonds. The molecule has 0 aliphatic rings. The second kappa shape index (κ2) is 5.93. The zero-order chi connectivity index (χ0) is 13.0. The van der Waals surface area contributed by atoms with Crippen LogP contribution in [0, 0.1) is 12.7 Å². The summed E-state index contributed by atoms with van der Waals surface area (Å²) in [5.41, 5.74) is 0.587. The van der Waals surface area contributed by atoms with Crippen molar-refractivity contribution in [3.05, 3.63) is 46.3 Å². The van der Waals surface area contributed by atoms with Crippen LogP contribution in [-0.4, -0.2) is 16.7 Å². The molecule has 2 rings (SSSR count). The fourth-order valence-electron chi connectivity index (χ4n) is 1.53. The topological polar surface area (TPSA) is 51.0 Å². The van der Waals surface area contributed by atoms with Gasteiger partial charge in [-0.05, 0) is 12.1 Å². The molecule has 2 aromatic rings. The van der Waals surface area contributed by atoms with Crippen LogP contribution in [0.1, 0.15) is 17.3 Å². The number of nitrogens with zero attached hydrogens (tertiary/aromatic N) is 2. The first-order chi connectivity index (χ1) is 8.65. The van der Waals surface area contributed by atoms with Crippen LogP contribution >= 0.6 is 11.6 Å². The van der Waals surface area contributed by atoms with Crippen molar-refractivity contribution in [3.63, 3.8) is 0 Å². The fourth-order valence-corrected chi connectivity index (χ4v) is 1.69. The molecule has 4 nitrogen and oxygen atoms in total. The third-order valence-corrected chi connectivity index (χ3v) is 2.66. The number of aryl methyl sites for hydroxylation is 1. The van der Waals surface area contributed by atoms with Crippen LogP contribution in [0.2, 0.25) is 5.02 Å². The first-order valence-corrected chi connectivity index (χ1v) is 5.97. The van der Waals surface area contributed by atoms with Crippen molar-refractivity contribution in [1.29, 1.82) is 0 Å². The van der Waals surface area contributed by atoms with E-state index in [4.69, 9.17) is 16.1 Å². The van der Waals surface area contributed by atoms with Gasteiger partial charge >= 0.3 is 0 Å². The molecule has 0 saturated carbocycles. The van der Waals surface area contributed by atoms with Crippen molar-refractivity contribution in [2.24, 2.45) is 0 Å². The Morgan fingerprint density at radius 3 is 2.94 bits per heavy atom. The molecule has 1 aromatic heterocycles. The van der Waals surface area contributed by atoms with Crippen LogP contribution in [-0.2, 0) is 13.0 Å². The number of hydrogen-bond acceptors (Lipinski definition) is 4. The van der Waals surface area contributed by atoms with Gasteiger partial charge in [-0.25, -0.2) is 4.39 Å². The van der Waals surface area contributed by atoms with Gasteiger partial charge in [0.1, 0.15) is 5.82 Å². The second-order valence-electron chi connectivity index (χ2n) is 3.89. The van der Waals surface area contributed by atoms with Crippen LogP contribution in [0.25, 0.3) is 0 Å². The van der Waals surface area contributed by atoms with E-state index in [9.17, 15) is 4.39 Å². The fraction of sp³-hybridized carbons (Fsp3) is 0.333. The van der Waals surface area contributed by atoms with E-state index in [1.54, 1.807) is 19.1 Å². The maximum absolute atomic E-state index is 13.4. The lowest BCUT2D eigenvalue weighted by molar-refractivity contribution is 0.387. The Labute approximate surface area is 109 Å². The van der Waals surface area contributed by atoms with Gasteiger partial charge in [0.25, 0.3) is 0 Å². The van der Waals surface area contributed by atoms with Gasteiger partial charge in [-0.15, -0.1) is 0 Å². The maximum atomic E-state index is 13.4. The average molecular weight is 270 g/mol. The lowest BCUT2D eigenvalue weighted by atomic mass is 10.2. The first-order valence-electron chi connectivity index (χ1n) is 5.59. The molecule has 1 N–H and O–H groups in total. The Morgan fingerprint density at radius 1 is 1.44 bits per heavy atom. The van der Waals surface area contributed by atoms with E-state index in [-0.39, 0.29) is 5.82 Å². The van der Waals surface area contributed by atoms with Crippen molar-refractivity contribution in [2.45, 2.75) is 19.9 Å². The Morgan fingerprint density at radius 2 is 2.28 bits per heavy atom. The Bertz CT molecular complexity index is 530. The average Bonchev–Trinajstić information content (AvgIpc) is 2.73. The van der Waals surface area contributed by atoms with Crippen molar-refractivity contribution >= 4 is 11.6 Å². The predicted molar refractivity (Wildman–Crippen MR) is 65.9 cm³/mol. The molecule has 1 aromatic carbocycles. The summed E-state index contributed by atoms with van der Waals surface area (Å²) in [5.74, 6) is 0.899. The van der Waals surface area contributed by atoms with Gasteiger partial charge in [-0.1, -0.05) is 22.8 Å². The van der Waals surface area contributed by atoms with Gasteiger partial charge < -0.3 is 9.84 Å². The van der Waals surface area contributed by atoms with Crippen LogP contribution in [0.4, 0.5) is 4.39 Å². The molecule has 0 aliphatic heterocycles. The van der Waals surface area contributed by atoms with E-state index in [0.717, 1.165) is 0 Å². The highest BCUT2D eigenvalue weighted by molar-refractivity contribution is 6.30. The molecule has 0 spiro atoms. The van der Waals surface area contributed by atoms with E-state index < -0.39 is 0 Å². The molecule has 0 radical (unpaired) electrons. The van der Waals surface area contributed by atoms with Gasteiger partial charge in [0, 0.05) is 37.0 Å². The van der Waals surface area contributed by atoms with Gasteiger partial charge in [0.05, 0.1) is 0 Å². The zero-order valence-electron chi connectivity index (χ0n) is 9.91. The van der Waals surface area contributed by atoms with Crippen LogP contribution in [0.3, 0.4) is 0 Å². The highest BCUT2D eigenvalue weighted by Gasteiger charge is 2.04. The summed E-state index contributed by atoms with van der Waals surface area (Å²) >= 11 is 5.67. The number of hydrogen-bond donors (Lipinski definition) is 1. The third-order valence-electron chi connectivity index (χ3n) is 2.43. The molecule has 96 valence electrons. The van der Waals surface area contributed by atoms with E-state index in [2.05, 4.69) is 15.5 Å². The van der Waals surface area contributed by atoms with Gasteiger partial charge in [-0.2, -0.15) is 4.98 Å². The molecule has 0 unspecified atom stereocenters. The lowest BCUT2D eigenvalue weighted by Crippen LogP contribution is -2.18. The standard InChI is InChI=1S/C12H13ClFN3O/c1-8-16-12(17-18-8)4-5-15-7-9-2-3-10(13)6-11(9)14/h2-3,6,15H,4-5,7H2,1H3. The highest BCUT2D eigenvalue weighted by Crippen LogP contribution is 2.14. The summed E-state index contributed by atoms with van der Waals surface area (Å²) in [5, 5.41) is 7.29. The van der Waals surface area contributed by atoms with Crippen molar-refractivity contribution in [2.75, 3.05) is 6.54 Å². The largest absolute Gasteiger partial charge is 0.340 e. The predicted octanol–water partition coefficient (Wildman–Crippen LogP) is 2.50. The van der Waals surface area contributed by atoms with Crippen molar-refractivity contribution in [3.8, 4) is 0 Å². The lowest BCUT2D eigenvalue weighted by Gasteiger charge is -2.05. The van der Waals surface area contributed by atoms with Gasteiger partial charge in [0.15, 0.2) is 5.82 Å². The van der Waals surface area contributed by atoms with E-state index in [1.807, 2.05) is 0 Å². The number of aromatic nitrogens is 2. The summed E-state index contributed by atoms with van der Waals surface area (Å²) in [7, 11) is 0. The smallest absolute Gasteiger partial charge is 0.223 e. The van der Waals surface area contributed by atoms with Crippen molar-refractivity contribution < 1.29 is 8.91 Å². The minimum absolute atomic E-state index is 0.301. The van der Waals surface area contributed by atoms with Crippen LogP contribution in [0.5, 0.6) is 0 Å². The quantitative estimate of drug-likeness (QED) is 0.848. The molecule has 0 fully saturated rings. The summed E-state index contributed by atoms with van der Waals surface area (Å²) in [6, 6.07) is 4.65. The molecule has 0 saturated heterocycles. The van der Waals surface area contributed by atoms with Gasteiger partial charge in [-0.3, -0.25) is 0 Å². The number of nitrogens with one attached hydrogen (secondary N) is 1. The summed E-state index contributed by atoms with van der Waals surface area (Å²) < 4.78 is 18.3. The number of benzene rings is 1. The number of halogens is 2. The van der Waals surface area contributed by atoms with E-state index >= 15 is 0 Å². The minimum atomic E-state index is -0.301. The monoisotopic (exact) mass is 269 g/mol. The molecular weight excluding hydrogens is 257 g/mol. The molecule has 18 heavy (non-hydrogen) atoms. The second-order valence-corrected chi connectivity index (χ2v) is 4.33. The molecule has 0 atom stereocenters. The zero-order valence-corrected chi connectivity index (χ0v) is 10.7. The van der Waals surface area contributed by atoms with Crippen molar-refractivity contribution in [1.82, 2.24) is 15.5 Å². The third kappa shape index (κ3) is 3.51. The summed E-state index contributed by atoms with van der Waals surface area (Å²) in [6.45, 7) is 2.84. The highest BCUT2D eigenvalue weighted by atomic mass is 35.5. The SMILES string of the molecule is Cc1nc(CCNCc2ccc(Cl)cc2F)no1. The minimum Gasteiger partial charge on any atom is -0.340 e. The summed E-state index contributed by atoms with van der Waals surface area (Å²) in [4.78, 5) is 4.08. The summed E-state index contributed by atoms with van der Waals surface area (Å²) in [6.07, 6.45) is 0.645. The molecule has 0 bridgehead atoms. The van der Waals surface area contributed by atoms with E-state index in [1.165, 1.54) is 6.07 Å². The van der Waals surface area contributed by atoms with Crippen LogP contribution < -0.4 is 5.32 Å². The molecule has 1 heterocycles. The molecular formula is C12H13ClFN3O. The Kier molecular flexibility index (Phi) is 4.28. The first kappa shape index (κ1) is 13.0. The maximum Gasteiger partial charge on any atom is 0.223 e. The normalized spacial score (nSPS) is 10.8. The molecule has 0 aliphatic carbocycles. The Balaban J connectivity index is 1.78. The van der Waals surface area contributed by atoms with E-state index in [0.29, 0.717) is 41.8 Å². The molecule has 6 heteroatoms. The van der Waals surface area contributed by atoms with Gasteiger partial charge in [0.2, 0.25) is 5.89 Å². The number of rotatable bonds is 5.